The number of para-hydroxylation sites is 1. The molecule has 0 spiro atoms. The van der Waals surface area contributed by atoms with Crippen molar-refractivity contribution in [2.75, 3.05) is 31.1 Å². The fourth-order valence-electron chi connectivity index (χ4n) is 3.28. The number of primary amides is 1. The van der Waals surface area contributed by atoms with Gasteiger partial charge < -0.3 is 15.5 Å². The summed E-state index contributed by atoms with van der Waals surface area (Å²) in [6.07, 6.45) is 0. The SMILES string of the molecule is NC(=O)c1ccc(-c2nnn(CC(=O)N3CCN(c4ccccc4)CC3)n2)cc1. The predicted octanol–water partition coefficient (Wildman–Crippen LogP) is 0.788. The minimum atomic E-state index is -0.494. The topological polar surface area (TPSA) is 110 Å². The van der Waals surface area contributed by atoms with E-state index in [1.54, 1.807) is 24.3 Å². The maximum Gasteiger partial charge on any atom is 0.248 e. The van der Waals surface area contributed by atoms with E-state index in [0.29, 0.717) is 30.0 Å². The summed E-state index contributed by atoms with van der Waals surface area (Å²) in [7, 11) is 0. The number of nitrogens with two attached hydrogens (primary N) is 1. The number of hydrogen-bond acceptors (Lipinski definition) is 6. The molecular weight excluding hydrogens is 370 g/mol. The van der Waals surface area contributed by atoms with E-state index in [-0.39, 0.29) is 12.5 Å². The standard InChI is InChI=1S/C20H21N7O2/c21-19(29)15-6-8-16(9-7-15)20-22-24-27(23-20)14-18(28)26-12-10-25(11-13-26)17-4-2-1-3-5-17/h1-9H,10-14H2,(H2,21,29). The molecule has 29 heavy (non-hydrogen) atoms. The fraction of sp³-hybridized carbons (Fsp3) is 0.250. The molecule has 2 amide bonds. The Labute approximate surface area is 167 Å². The molecule has 0 saturated carbocycles. The number of piperazine rings is 1. The van der Waals surface area contributed by atoms with Crippen LogP contribution < -0.4 is 10.6 Å². The second kappa shape index (κ2) is 8.09. The van der Waals surface area contributed by atoms with Gasteiger partial charge in [-0.15, -0.1) is 10.2 Å². The smallest absolute Gasteiger partial charge is 0.248 e. The molecule has 1 fully saturated rings. The molecule has 2 heterocycles. The summed E-state index contributed by atoms with van der Waals surface area (Å²) in [6.45, 7) is 2.93. The van der Waals surface area contributed by atoms with Crippen LogP contribution in [0.15, 0.2) is 54.6 Å². The van der Waals surface area contributed by atoms with Gasteiger partial charge in [0.05, 0.1) is 0 Å². The molecule has 1 saturated heterocycles. The first-order valence-electron chi connectivity index (χ1n) is 9.36. The van der Waals surface area contributed by atoms with Crippen molar-refractivity contribution in [1.29, 1.82) is 0 Å². The van der Waals surface area contributed by atoms with Gasteiger partial charge in [-0.25, -0.2) is 0 Å². The third kappa shape index (κ3) is 4.23. The minimum absolute atomic E-state index is 0.0364. The molecule has 1 aliphatic heterocycles. The van der Waals surface area contributed by atoms with Gasteiger partial charge in [-0.2, -0.15) is 4.80 Å². The molecule has 0 radical (unpaired) electrons. The number of anilines is 1. The molecule has 9 heteroatoms. The van der Waals surface area contributed by atoms with E-state index < -0.39 is 5.91 Å². The first kappa shape index (κ1) is 18.6. The number of nitrogens with zero attached hydrogens (tertiary/aromatic N) is 6. The predicted molar refractivity (Wildman–Crippen MR) is 107 cm³/mol. The van der Waals surface area contributed by atoms with Gasteiger partial charge in [0.2, 0.25) is 17.6 Å². The molecule has 3 aromatic rings. The lowest BCUT2D eigenvalue weighted by Gasteiger charge is -2.36. The monoisotopic (exact) mass is 391 g/mol. The zero-order valence-electron chi connectivity index (χ0n) is 15.8. The van der Waals surface area contributed by atoms with Crippen molar-refractivity contribution in [2.45, 2.75) is 6.54 Å². The van der Waals surface area contributed by atoms with Crippen LogP contribution in [0.2, 0.25) is 0 Å². The number of carbonyl (C=O) groups is 2. The van der Waals surface area contributed by atoms with E-state index in [9.17, 15) is 9.59 Å². The molecule has 4 rings (SSSR count). The highest BCUT2D eigenvalue weighted by Gasteiger charge is 2.22. The van der Waals surface area contributed by atoms with Crippen LogP contribution in [0.25, 0.3) is 11.4 Å². The van der Waals surface area contributed by atoms with Gasteiger partial charge in [0.25, 0.3) is 0 Å². The van der Waals surface area contributed by atoms with Gasteiger partial charge in [-0.1, -0.05) is 30.3 Å². The van der Waals surface area contributed by atoms with Crippen LogP contribution in [0.5, 0.6) is 0 Å². The van der Waals surface area contributed by atoms with Gasteiger partial charge >= 0.3 is 0 Å². The largest absolute Gasteiger partial charge is 0.368 e. The van der Waals surface area contributed by atoms with Crippen LogP contribution >= 0.6 is 0 Å². The molecule has 0 unspecified atom stereocenters. The van der Waals surface area contributed by atoms with Crippen molar-refractivity contribution in [2.24, 2.45) is 5.73 Å². The number of aromatic nitrogens is 4. The molecule has 2 aromatic carbocycles. The zero-order chi connectivity index (χ0) is 20.2. The summed E-state index contributed by atoms with van der Waals surface area (Å²) in [5, 5.41) is 12.2. The van der Waals surface area contributed by atoms with Gasteiger partial charge in [0.15, 0.2) is 0 Å². The maximum atomic E-state index is 12.6. The third-order valence-corrected chi connectivity index (χ3v) is 4.91. The van der Waals surface area contributed by atoms with E-state index in [1.165, 1.54) is 10.5 Å². The van der Waals surface area contributed by atoms with Gasteiger partial charge in [0.1, 0.15) is 6.54 Å². The Kier molecular flexibility index (Phi) is 5.19. The summed E-state index contributed by atoms with van der Waals surface area (Å²) in [6, 6.07) is 16.8. The molecule has 0 atom stereocenters. The van der Waals surface area contributed by atoms with Crippen LogP contribution in [-0.2, 0) is 11.3 Å². The zero-order valence-corrected chi connectivity index (χ0v) is 15.8. The molecule has 148 valence electrons. The molecular formula is C20H21N7O2. The number of amides is 2. The number of carbonyl (C=O) groups excluding carboxylic acids is 2. The second-order valence-electron chi connectivity index (χ2n) is 6.79. The molecule has 1 aromatic heterocycles. The number of rotatable bonds is 5. The number of benzene rings is 2. The molecule has 2 N–H and O–H groups in total. The third-order valence-electron chi connectivity index (χ3n) is 4.91. The van der Waals surface area contributed by atoms with Crippen molar-refractivity contribution < 1.29 is 9.59 Å². The molecule has 1 aliphatic rings. The molecule has 0 aliphatic carbocycles. The number of tetrazole rings is 1. The Morgan fingerprint density at radius 3 is 2.28 bits per heavy atom. The van der Waals surface area contributed by atoms with Crippen LogP contribution in [0.3, 0.4) is 0 Å². The van der Waals surface area contributed by atoms with Gasteiger partial charge in [-0.05, 0) is 29.5 Å². The first-order chi connectivity index (χ1) is 14.1. The van der Waals surface area contributed by atoms with Crippen molar-refractivity contribution in [3.63, 3.8) is 0 Å². The van der Waals surface area contributed by atoms with Crippen molar-refractivity contribution >= 4 is 17.5 Å². The lowest BCUT2D eigenvalue weighted by molar-refractivity contribution is -0.132. The Morgan fingerprint density at radius 2 is 1.62 bits per heavy atom. The highest BCUT2D eigenvalue weighted by molar-refractivity contribution is 5.93. The second-order valence-corrected chi connectivity index (χ2v) is 6.79. The van der Waals surface area contributed by atoms with Crippen molar-refractivity contribution in [1.82, 2.24) is 25.1 Å². The highest BCUT2D eigenvalue weighted by atomic mass is 16.2. The van der Waals surface area contributed by atoms with Crippen LogP contribution in [0, 0.1) is 0 Å². The minimum Gasteiger partial charge on any atom is -0.368 e. The van der Waals surface area contributed by atoms with Crippen molar-refractivity contribution in [3.8, 4) is 11.4 Å². The molecule has 9 nitrogen and oxygen atoms in total. The summed E-state index contributed by atoms with van der Waals surface area (Å²) >= 11 is 0. The van der Waals surface area contributed by atoms with Crippen LogP contribution in [0.4, 0.5) is 5.69 Å². The van der Waals surface area contributed by atoms with E-state index in [4.69, 9.17) is 5.73 Å². The van der Waals surface area contributed by atoms with Gasteiger partial charge in [-0.3, -0.25) is 9.59 Å². The molecule has 0 bridgehead atoms. The fourth-order valence-corrected chi connectivity index (χ4v) is 3.28. The number of hydrogen-bond donors (Lipinski definition) is 1. The maximum absolute atomic E-state index is 12.6. The summed E-state index contributed by atoms with van der Waals surface area (Å²) < 4.78 is 0. The van der Waals surface area contributed by atoms with Crippen molar-refractivity contribution in [3.05, 3.63) is 60.2 Å². The average molecular weight is 391 g/mol. The highest BCUT2D eigenvalue weighted by Crippen LogP contribution is 2.16. The quantitative estimate of drug-likeness (QED) is 0.688. The average Bonchev–Trinajstić information content (AvgIpc) is 3.23. The normalized spacial score (nSPS) is 14.1. The summed E-state index contributed by atoms with van der Waals surface area (Å²) in [4.78, 5) is 29.1. The van der Waals surface area contributed by atoms with E-state index in [1.807, 2.05) is 23.1 Å². The van der Waals surface area contributed by atoms with E-state index in [2.05, 4.69) is 32.4 Å². The summed E-state index contributed by atoms with van der Waals surface area (Å²) in [5.41, 5.74) is 7.52. The first-order valence-corrected chi connectivity index (χ1v) is 9.36. The van der Waals surface area contributed by atoms with E-state index >= 15 is 0 Å². The lowest BCUT2D eigenvalue weighted by Crippen LogP contribution is -2.49. The van der Waals surface area contributed by atoms with E-state index in [0.717, 1.165) is 13.1 Å². The van der Waals surface area contributed by atoms with Crippen LogP contribution in [-0.4, -0.2) is 63.1 Å². The Balaban J connectivity index is 1.34. The summed E-state index contributed by atoms with van der Waals surface area (Å²) in [5.74, 6) is -0.139. The Bertz CT molecular complexity index is 993. The van der Waals surface area contributed by atoms with Gasteiger partial charge in [0, 0.05) is 43.0 Å². The Morgan fingerprint density at radius 1 is 0.931 bits per heavy atom. The van der Waals surface area contributed by atoms with Crippen LogP contribution in [0.1, 0.15) is 10.4 Å². The Hall–Kier alpha value is -3.75. The lowest BCUT2D eigenvalue weighted by atomic mass is 10.1.